The molecule has 166 valence electrons. The quantitative estimate of drug-likeness (QED) is 0.106. The molecule has 2 saturated heterocycles. The molecule has 2 rings (SSSR count). The molecule has 0 bridgehead atoms. The minimum atomic E-state index is -1.13. The van der Waals surface area contributed by atoms with Gasteiger partial charge in [0.1, 0.15) is 24.7 Å². The van der Waals surface area contributed by atoms with Crippen LogP contribution in [0.1, 0.15) is 38.5 Å². The maximum atomic E-state index is 12.9. The number of nitro groups is 1. The van der Waals surface area contributed by atoms with Crippen LogP contribution in [0.5, 0.6) is 0 Å². The molecule has 0 aromatic heterocycles. The monoisotopic (exact) mass is 428 g/mol. The van der Waals surface area contributed by atoms with Crippen molar-refractivity contribution in [2.45, 2.75) is 56.7 Å². The first-order chi connectivity index (χ1) is 14.2. The number of nitrogens with two attached hydrogens (primary N) is 1. The van der Waals surface area contributed by atoms with Crippen molar-refractivity contribution in [3.8, 4) is 0 Å². The predicted molar refractivity (Wildman–Crippen MR) is 99.3 cm³/mol. The summed E-state index contributed by atoms with van der Waals surface area (Å²) in [4.78, 5) is 66.9. The van der Waals surface area contributed by atoms with Gasteiger partial charge in [-0.2, -0.15) is 0 Å². The molecule has 2 aliphatic rings. The highest BCUT2D eigenvalue weighted by molar-refractivity contribution is 5.89. The Morgan fingerprint density at radius 2 is 2.17 bits per heavy atom. The van der Waals surface area contributed by atoms with E-state index in [1.165, 1.54) is 4.90 Å². The molecule has 14 nitrogen and oxygen atoms in total. The highest BCUT2D eigenvalue weighted by Gasteiger charge is 2.38. The molecule has 30 heavy (non-hydrogen) atoms. The lowest BCUT2D eigenvalue weighted by Gasteiger charge is -2.27. The first-order valence-corrected chi connectivity index (χ1v) is 9.44. The number of nitrogens with zero attached hydrogens (tertiary/aromatic N) is 3. The average molecular weight is 428 g/mol. The van der Waals surface area contributed by atoms with E-state index in [9.17, 15) is 34.4 Å². The number of hydrogen-bond acceptors (Lipinski definition) is 9. The third-order valence-electron chi connectivity index (χ3n) is 4.81. The second-order valence-corrected chi connectivity index (χ2v) is 6.92. The number of hydrogen-bond donors (Lipinski definition) is 4. The first kappa shape index (κ1) is 23.0. The fourth-order valence-electron chi connectivity index (χ4n) is 3.26. The fraction of sp³-hybridized carbons (Fsp3) is 0.688. The van der Waals surface area contributed by atoms with Crippen molar-refractivity contribution in [1.82, 2.24) is 15.7 Å². The van der Waals surface area contributed by atoms with Crippen molar-refractivity contribution in [2.24, 2.45) is 10.7 Å². The number of nitrogens with one attached hydrogen (secondary N) is 2. The summed E-state index contributed by atoms with van der Waals surface area (Å²) in [6.45, 7) is 0.195. The van der Waals surface area contributed by atoms with Crippen LogP contribution in [-0.2, 0) is 24.0 Å². The third-order valence-corrected chi connectivity index (χ3v) is 4.81. The molecule has 0 spiro atoms. The van der Waals surface area contributed by atoms with Crippen LogP contribution in [0.15, 0.2) is 4.99 Å². The zero-order chi connectivity index (χ0) is 22.3. The summed E-state index contributed by atoms with van der Waals surface area (Å²) in [6, 6.07) is -2.89. The molecule has 2 amide bonds. The Balaban J connectivity index is 1.99. The predicted octanol–water partition coefficient (Wildman–Crippen LogP) is -1.87. The number of carboxylic acid groups (broad SMARTS) is 1. The lowest BCUT2D eigenvalue weighted by Crippen LogP contribution is -2.51. The minimum Gasteiger partial charge on any atom is -0.480 e. The molecule has 2 fully saturated rings. The van der Waals surface area contributed by atoms with Gasteiger partial charge in [0.2, 0.25) is 11.8 Å². The highest BCUT2D eigenvalue weighted by atomic mass is 16.7. The number of aliphatic carboxylic acids is 1. The lowest BCUT2D eigenvalue weighted by atomic mass is 10.1. The van der Waals surface area contributed by atoms with Crippen molar-refractivity contribution in [3.05, 3.63) is 10.1 Å². The average Bonchev–Trinajstić information content (AvgIpc) is 3.35. The molecule has 5 N–H and O–H groups in total. The summed E-state index contributed by atoms with van der Waals surface area (Å²) in [5.41, 5.74) is 7.47. The van der Waals surface area contributed by atoms with Crippen molar-refractivity contribution in [1.29, 1.82) is 0 Å². The minimum absolute atomic E-state index is 0.0484. The van der Waals surface area contributed by atoms with Gasteiger partial charge in [-0.25, -0.2) is 9.59 Å². The van der Waals surface area contributed by atoms with Crippen LogP contribution in [0.2, 0.25) is 0 Å². The van der Waals surface area contributed by atoms with Gasteiger partial charge >= 0.3 is 17.9 Å². The van der Waals surface area contributed by atoms with E-state index >= 15 is 0 Å². The molecule has 2 aliphatic heterocycles. The van der Waals surface area contributed by atoms with E-state index in [2.05, 4.69) is 15.8 Å². The molecule has 14 heteroatoms. The second-order valence-electron chi connectivity index (χ2n) is 6.92. The van der Waals surface area contributed by atoms with E-state index in [0.29, 0.717) is 12.8 Å². The molecule has 0 unspecified atom stereocenters. The lowest BCUT2D eigenvalue weighted by molar-refractivity contribution is -0.352. The van der Waals surface area contributed by atoms with Crippen LogP contribution in [0, 0.1) is 10.1 Å². The topological polar surface area (TPSA) is 207 Å². The second kappa shape index (κ2) is 10.5. The molecule has 2 heterocycles. The van der Waals surface area contributed by atoms with E-state index in [4.69, 9.17) is 10.6 Å². The van der Waals surface area contributed by atoms with Crippen LogP contribution >= 0.6 is 0 Å². The van der Waals surface area contributed by atoms with Crippen LogP contribution < -0.4 is 16.5 Å². The van der Waals surface area contributed by atoms with Gasteiger partial charge in [-0.05, 0) is 37.0 Å². The van der Waals surface area contributed by atoms with Gasteiger partial charge in [0, 0.05) is 13.0 Å². The summed E-state index contributed by atoms with van der Waals surface area (Å²) in [6.07, 6.45) is 1.52. The highest BCUT2D eigenvalue weighted by Crippen LogP contribution is 2.20. The van der Waals surface area contributed by atoms with E-state index in [1.54, 1.807) is 0 Å². The first-order valence-electron chi connectivity index (χ1n) is 9.44. The van der Waals surface area contributed by atoms with Crippen LogP contribution in [-0.4, -0.2) is 75.9 Å². The summed E-state index contributed by atoms with van der Waals surface area (Å²) < 4.78 is 0. The number of amides is 2. The van der Waals surface area contributed by atoms with E-state index in [0.717, 1.165) is 0 Å². The number of carboxylic acids is 1. The molecular weight excluding hydrogens is 404 g/mol. The fourth-order valence-corrected chi connectivity index (χ4v) is 3.26. The van der Waals surface area contributed by atoms with Gasteiger partial charge < -0.3 is 30.3 Å². The summed E-state index contributed by atoms with van der Waals surface area (Å²) in [7, 11) is 0. The van der Waals surface area contributed by atoms with E-state index < -0.39 is 46.9 Å². The Hall–Kier alpha value is -3.29. The summed E-state index contributed by atoms with van der Waals surface area (Å²) in [5, 5.41) is 22.2. The number of carbonyl (C=O) groups is 4. The molecule has 0 aromatic carbocycles. The van der Waals surface area contributed by atoms with Gasteiger partial charge in [0.05, 0.1) is 0 Å². The number of aliphatic imine (C=N–C) groups is 1. The van der Waals surface area contributed by atoms with Crippen molar-refractivity contribution in [2.75, 3.05) is 13.1 Å². The van der Waals surface area contributed by atoms with Crippen molar-refractivity contribution in [3.63, 3.8) is 0 Å². The van der Waals surface area contributed by atoms with Crippen molar-refractivity contribution >= 4 is 29.7 Å². The number of carbonyl (C=O) groups excluding carboxylic acids is 3. The zero-order valence-electron chi connectivity index (χ0n) is 16.1. The maximum absolute atomic E-state index is 12.9. The SMILES string of the molecule is NC(=NCCC[C@H](NOC(=O)[C@@H]1CCC(=O)N1)C(=O)N1CCC[C@H]1C(=O)O)[N+](=O)[O-]. The van der Waals surface area contributed by atoms with Gasteiger partial charge in [-0.15, -0.1) is 10.5 Å². The van der Waals surface area contributed by atoms with Crippen molar-refractivity contribution < 1.29 is 34.0 Å². The Bertz CT molecular complexity index is 741. The van der Waals surface area contributed by atoms with E-state index in [1.807, 2.05) is 0 Å². The zero-order valence-corrected chi connectivity index (χ0v) is 16.1. The molecular formula is C16H24N6O8. The molecule has 0 radical (unpaired) electrons. The Morgan fingerprint density at radius 1 is 1.43 bits per heavy atom. The Labute approximate surface area is 170 Å². The Kier molecular flexibility index (Phi) is 8.03. The van der Waals surface area contributed by atoms with Gasteiger partial charge in [0.25, 0.3) is 0 Å². The summed E-state index contributed by atoms with van der Waals surface area (Å²) >= 11 is 0. The largest absolute Gasteiger partial charge is 0.480 e. The summed E-state index contributed by atoms with van der Waals surface area (Å²) in [5.74, 6) is -3.53. The van der Waals surface area contributed by atoms with E-state index in [-0.39, 0.29) is 44.7 Å². The number of guanidine groups is 1. The maximum Gasteiger partial charge on any atom is 0.420 e. The molecule has 0 aliphatic carbocycles. The van der Waals surface area contributed by atoms with Crippen LogP contribution in [0.3, 0.4) is 0 Å². The third kappa shape index (κ3) is 6.10. The number of rotatable bonds is 9. The number of likely N-dealkylation sites (tertiary alicyclic amines) is 1. The normalized spacial score (nSPS) is 22.5. The van der Waals surface area contributed by atoms with Gasteiger partial charge in [0.15, 0.2) is 0 Å². The smallest absolute Gasteiger partial charge is 0.420 e. The molecule has 0 aromatic rings. The number of hydroxylamine groups is 1. The molecule has 0 saturated carbocycles. The Morgan fingerprint density at radius 3 is 2.77 bits per heavy atom. The van der Waals surface area contributed by atoms with Gasteiger partial charge in [-0.1, -0.05) is 0 Å². The molecule has 3 atom stereocenters. The van der Waals surface area contributed by atoms with Crippen LogP contribution in [0.4, 0.5) is 0 Å². The standard InChI is InChI=1S/C16H24N6O8/c17-16(22(28)29)18-7-1-3-9(13(24)21-8-2-4-11(21)14(25)26)20-30-15(27)10-5-6-12(23)19-10/h9-11,20H,1-8H2,(H2,17,18)(H,19,23)(H,25,26)/t9-,10-,11-/m0/s1. The van der Waals surface area contributed by atoms with Crippen LogP contribution in [0.25, 0.3) is 0 Å². The van der Waals surface area contributed by atoms with Gasteiger partial charge in [-0.3, -0.25) is 15.3 Å².